The quantitative estimate of drug-likeness (QED) is 0.842. The molecule has 0 aromatic carbocycles. The van der Waals surface area contributed by atoms with E-state index in [2.05, 4.69) is 5.32 Å². The van der Waals surface area contributed by atoms with Crippen molar-refractivity contribution in [3.05, 3.63) is 0 Å². The zero-order chi connectivity index (χ0) is 15.6. The Morgan fingerprint density at radius 1 is 1.05 bits per heavy atom. The van der Waals surface area contributed by atoms with Gasteiger partial charge in [-0.15, -0.1) is 0 Å². The lowest BCUT2D eigenvalue weighted by molar-refractivity contribution is -0.198. The number of carboxylic acid groups (broad SMARTS) is 1. The molecule has 4 atom stereocenters. The summed E-state index contributed by atoms with van der Waals surface area (Å²) in [5.41, 5.74) is 0. The molecule has 7 heteroatoms. The topological polar surface area (TPSA) is 66.4 Å². The van der Waals surface area contributed by atoms with Crippen molar-refractivity contribution in [2.75, 3.05) is 0 Å². The van der Waals surface area contributed by atoms with Crippen LogP contribution in [-0.2, 0) is 9.59 Å². The van der Waals surface area contributed by atoms with Crippen molar-refractivity contribution in [2.45, 2.75) is 57.2 Å². The molecule has 0 bridgehead atoms. The normalized spacial score (nSPS) is 33.7. The van der Waals surface area contributed by atoms with Crippen LogP contribution < -0.4 is 5.32 Å². The van der Waals surface area contributed by atoms with Crippen molar-refractivity contribution in [3.8, 4) is 0 Å². The number of nitrogens with one attached hydrogen (secondary N) is 1. The van der Waals surface area contributed by atoms with Gasteiger partial charge in [-0.05, 0) is 32.1 Å². The van der Waals surface area contributed by atoms with Gasteiger partial charge in [-0.2, -0.15) is 13.2 Å². The summed E-state index contributed by atoms with van der Waals surface area (Å²) in [6.07, 6.45) is -1.66. The van der Waals surface area contributed by atoms with Crippen LogP contribution in [0.4, 0.5) is 13.2 Å². The Bertz CT molecular complexity index is 411. The molecule has 21 heavy (non-hydrogen) atoms. The van der Waals surface area contributed by atoms with Crippen LogP contribution >= 0.6 is 0 Å². The van der Waals surface area contributed by atoms with Crippen LogP contribution in [-0.4, -0.2) is 29.2 Å². The molecule has 0 saturated heterocycles. The predicted molar refractivity (Wildman–Crippen MR) is 68.4 cm³/mol. The van der Waals surface area contributed by atoms with Crippen molar-refractivity contribution in [3.63, 3.8) is 0 Å². The molecular formula is C14H20F3NO3. The number of carbonyl (C=O) groups is 2. The number of hydrogen-bond donors (Lipinski definition) is 2. The van der Waals surface area contributed by atoms with Crippen molar-refractivity contribution >= 4 is 11.9 Å². The Balaban J connectivity index is 1.94. The number of rotatable bonds is 3. The highest BCUT2D eigenvalue weighted by Crippen LogP contribution is 2.41. The van der Waals surface area contributed by atoms with Crippen LogP contribution in [0.2, 0.25) is 0 Å². The lowest BCUT2D eigenvalue weighted by atomic mass is 9.78. The molecule has 0 spiro atoms. The summed E-state index contributed by atoms with van der Waals surface area (Å²) in [5.74, 6) is -4.56. The van der Waals surface area contributed by atoms with Gasteiger partial charge in [0.15, 0.2) is 0 Å². The van der Waals surface area contributed by atoms with E-state index in [1.165, 1.54) is 0 Å². The molecule has 0 aromatic rings. The van der Waals surface area contributed by atoms with E-state index in [0.29, 0.717) is 32.1 Å². The number of aliphatic carboxylic acids is 1. The summed E-state index contributed by atoms with van der Waals surface area (Å²) in [4.78, 5) is 23.0. The van der Waals surface area contributed by atoms with E-state index in [-0.39, 0.29) is 18.9 Å². The summed E-state index contributed by atoms with van der Waals surface area (Å²) in [6.45, 7) is 0. The van der Waals surface area contributed by atoms with Gasteiger partial charge in [0.25, 0.3) is 0 Å². The molecule has 2 fully saturated rings. The number of carboxylic acids is 1. The van der Waals surface area contributed by atoms with E-state index in [0.717, 1.165) is 0 Å². The van der Waals surface area contributed by atoms with Gasteiger partial charge >= 0.3 is 12.1 Å². The molecule has 120 valence electrons. The van der Waals surface area contributed by atoms with E-state index in [4.69, 9.17) is 5.11 Å². The van der Waals surface area contributed by atoms with Crippen molar-refractivity contribution in [1.29, 1.82) is 0 Å². The van der Waals surface area contributed by atoms with Crippen molar-refractivity contribution < 1.29 is 27.9 Å². The van der Waals surface area contributed by atoms with Gasteiger partial charge < -0.3 is 10.4 Å². The van der Waals surface area contributed by atoms with Crippen LogP contribution in [0.15, 0.2) is 0 Å². The highest BCUT2D eigenvalue weighted by Gasteiger charge is 2.48. The molecule has 2 rings (SSSR count). The fourth-order valence-electron chi connectivity index (χ4n) is 3.48. The molecule has 0 radical (unpaired) electrons. The van der Waals surface area contributed by atoms with Gasteiger partial charge in [0.05, 0.1) is 11.8 Å². The summed E-state index contributed by atoms with van der Waals surface area (Å²) in [7, 11) is 0. The average Bonchev–Trinajstić information content (AvgIpc) is 2.86. The molecule has 2 unspecified atom stereocenters. The highest BCUT2D eigenvalue weighted by atomic mass is 19.4. The molecule has 2 saturated carbocycles. The zero-order valence-electron chi connectivity index (χ0n) is 11.7. The molecular weight excluding hydrogens is 287 g/mol. The van der Waals surface area contributed by atoms with Gasteiger partial charge in [0, 0.05) is 12.0 Å². The summed E-state index contributed by atoms with van der Waals surface area (Å²) < 4.78 is 38.9. The first-order valence-corrected chi connectivity index (χ1v) is 7.39. The number of amides is 1. The minimum absolute atomic E-state index is 0.00397. The third-order valence-electron chi connectivity index (χ3n) is 4.65. The number of alkyl halides is 3. The third-order valence-corrected chi connectivity index (χ3v) is 4.65. The van der Waals surface area contributed by atoms with Gasteiger partial charge in [0.2, 0.25) is 5.91 Å². The van der Waals surface area contributed by atoms with E-state index >= 15 is 0 Å². The maximum Gasteiger partial charge on any atom is 0.392 e. The number of halogens is 3. The van der Waals surface area contributed by atoms with Gasteiger partial charge in [-0.1, -0.05) is 12.8 Å². The molecule has 0 heterocycles. The molecule has 2 aliphatic carbocycles. The van der Waals surface area contributed by atoms with E-state index < -0.39 is 35.8 Å². The predicted octanol–water partition coefficient (Wildman–Crippen LogP) is 2.72. The molecule has 4 nitrogen and oxygen atoms in total. The van der Waals surface area contributed by atoms with Crippen LogP contribution in [0.1, 0.15) is 44.9 Å². The highest BCUT2D eigenvalue weighted by molar-refractivity contribution is 5.79. The Morgan fingerprint density at radius 3 is 2.29 bits per heavy atom. The second-order valence-electron chi connectivity index (χ2n) is 6.09. The van der Waals surface area contributed by atoms with Gasteiger partial charge in [-0.3, -0.25) is 9.59 Å². The summed E-state index contributed by atoms with van der Waals surface area (Å²) in [5, 5.41) is 11.5. The first kappa shape index (κ1) is 16.1. The molecule has 2 N–H and O–H groups in total. The fourth-order valence-corrected chi connectivity index (χ4v) is 3.48. The minimum atomic E-state index is -4.35. The molecule has 0 aromatic heterocycles. The second-order valence-corrected chi connectivity index (χ2v) is 6.09. The standard InChI is InChI=1S/C14H20F3NO3/c15-14(16,17)11-4-2-1-3-10(11)12(19)18-9-6-5-8(7-9)13(20)21/h8-11H,1-7H2,(H,18,19)(H,20,21)/t8-,9+,10?,11?/m0/s1. The monoisotopic (exact) mass is 307 g/mol. The average molecular weight is 307 g/mol. The van der Waals surface area contributed by atoms with E-state index in [1.54, 1.807) is 0 Å². The smallest absolute Gasteiger partial charge is 0.392 e. The fraction of sp³-hybridized carbons (Fsp3) is 0.857. The Labute approximate surface area is 121 Å². The van der Waals surface area contributed by atoms with Crippen LogP contribution in [0.3, 0.4) is 0 Å². The molecule has 0 aliphatic heterocycles. The third kappa shape index (κ3) is 3.89. The SMILES string of the molecule is O=C(N[C@@H]1CC[C@H](C(=O)O)C1)C1CCCCC1C(F)(F)F. The van der Waals surface area contributed by atoms with E-state index in [1.807, 2.05) is 0 Å². The first-order valence-electron chi connectivity index (χ1n) is 7.39. The molecule has 1 amide bonds. The summed E-state index contributed by atoms with van der Waals surface area (Å²) in [6, 6.07) is -0.311. The number of hydrogen-bond acceptors (Lipinski definition) is 2. The Kier molecular flexibility index (Phi) is 4.78. The van der Waals surface area contributed by atoms with Crippen LogP contribution in [0, 0.1) is 17.8 Å². The maximum absolute atomic E-state index is 13.0. The van der Waals surface area contributed by atoms with Gasteiger partial charge in [0.1, 0.15) is 0 Å². The molecule has 2 aliphatic rings. The van der Waals surface area contributed by atoms with E-state index in [9.17, 15) is 22.8 Å². The van der Waals surface area contributed by atoms with Crippen LogP contribution in [0.5, 0.6) is 0 Å². The van der Waals surface area contributed by atoms with Crippen LogP contribution in [0.25, 0.3) is 0 Å². The second kappa shape index (κ2) is 6.23. The lowest BCUT2D eigenvalue weighted by Gasteiger charge is -2.32. The Hall–Kier alpha value is -1.27. The zero-order valence-corrected chi connectivity index (χ0v) is 11.7. The largest absolute Gasteiger partial charge is 0.481 e. The van der Waals surface area contributed by atoms with Crippen molar-refractivity contribution in [2.24, 2.45) is 17.8 Å². The Morgan fingerprint density at radius 2 is 1.71 bits per heavy atom. The number of carbonyl (C=O) groups excluding carboxylic acids is 1. The minimum Gasteiger partial charge on any atom is -0.481 e. The summed E-state index contributed by atoms with van der Waals surface area (Å²) >= 11 is 0. The van der Waals surface area contributed by atoms with Gasteiger partial charge in [-0.25, -0.2) is 0 Å². The first-order chi connectivity index (χ1) is 9.79. The van der Waals surface area contributed by atoms with Crippen molar-refractivity contribution in [1.82, 2.24) is 5.32 Å². The maximum atomic E-state index is 13.0. The lowest BCUT2D eigenvalue weighted by Crippen LogP contribution is -2.45.